The van der Waals surface area contributed by atoms with Gasteiger partial charge in [0.25, 0.3) is 0 Å². The van der Waals surface area contributed by atoms with Crippen molar-refractivity contribution in [3.8, 4) is 5.75 Å². The van der Waals surface area contributed by atoms with Crippen molar-refractivity contribution in [1.82, 2.24) is 5.32 Å². The van der Waals surface area contributed by atoms with Crippen LogP contribution in [0.4, 0.5) is 0 Å². The number of thioether (sulfide) groups is 1. The molecule has 3 heteroatoms. The van der Waals surface area contributed by atoms with E-state index in [1.54, 1.807) is 7.11 Å². The Kier molecular flexibility index (Phi) is 5.12. The van der Waals surface area contributed by atoms with Gasteiger partial charge in [-0.05, 0) is 61.6 Å². The fraction of sp³-hybridized carbons (Fsp3) is 0.667. The topological polar surface area (TPSA) is 21.3 Å². The van der Waals surface area contributed by atoms with Crippen LogP contribution in [0.1, 0.15) is 55.7 Å². The Hall–Kier alpha value is -0.670. The molecule has 1 N–H and O–H groups in total. The van der Waals surface area contributed by atoms with Gasteiger partial charge in [0.05, 0.1) is 7.11 Å². The fourth-order valence-electron chi connectivity index (χ4n) is 3.91. The van der Waals surface area contributed by atoms with Crippen LogP contribution in [-0.4, -0.2) is 24.7 Å². The smallest absolute Gasteiger partial charge is 0.119 e. The van der Waals surface area contributed by atoms with Gasteiger partial charge in [-0.3, -0.25) is 0 Å². The molecule has 2 aliphatic rings. The maximum Gasteiger partial charge on any atom is 0.119 e. The van der Waals surface area contributed by atoms with Gasteiger partial charge in [-0.25, -0.2) is 0 Å². The SMILES string of the molecule is COc1ccc2c(c1)C(NC1CCCCC1SC)CCC2. The molecule has 0 heterocycles. The lowest BCUT2D eigenvalue weighted by molar-refractivity contribution is 0.327. The molecular formula is C18H27NOS. The largest absolute Gasteiger partial charge is 0.497 e. The Morgan fingerprint density at radius 3 is 2.81 bits per heavy atom. The van der Waals surface area contributed by atoms with Crippen LogP contribution in [0, 0.1) is 0 Å². The molecule has 0 saturated heterocycles. The number of methoxy groups -OCH3 is 1. The first-order valence-electron chi connectivity index (χ1n) is 8.27. The molecule has 0 spiro atoms. The average molecular weight is 305 g/mol. The van der Waals surface area contributed by atoms with Gasteiger partial charge in [0.1, 0.15) is 5.75 Å². The van der Waals surface area contributed by atoms with Crippen LogP contribution < -0.4 is 10.1 Å². The Labute approximate surface area is 133 Å². The number of benzene rings is 1. The molecule has 2 nitrogen and oxygen atoms in total. The highest BCUT2D eigenvalue weighted by Gasteiger charge is 2.29. The number of hydrogen-bond acceptors (Lipinski definition) is 3. The Morgan fingerprint density at radius 1 is 1.14 bits per heavy atom. The van der Waals surface area contributed by atoms with Gasteiger partial charge in [-0.2, -0.15) is 11.8 Å². The van der Waals surface area contributed by atoms with Crippen LogP contribution in [0.3, 0.4) is 0 Å². The third-order valence-corrected chi connectivity index (χ3v) is 6.26. The maximum atomic E-state index is 5.43. The molecule has 0 aliphatic heterocycles. The van der Waals surface area contributed by atoms with Gasteiger partial charge in [0.15, 0.2) is 0 Å². The zero-order valence-corrected chi connectivity index (χ0v) is 14.0. The summed E-state index contributed by atoms with van der Waals surface area (Å²) in [5.41, 5.74) is 2.99. The molecule has 116 valence electrons. The molecule has 1 aromatic carbocycles. The molecule has 0 aromatic heterocycles. The second-order valence-corrected chi connectivity index (χ2v) is 7.42. The van der Waals surface area contributed by atoms with Crippen LogP contribution in [0.2, 0.25) is 0 Å². The van der Waals surface area contributed by atoms with Crippen molar-refractivity contribution in [2.24, 2.45) is 0 Å². The second-order valence-electron chi connectivity index (χ2n) is 6.34. The molecule has 1 saturated carbocycles. The standard InChI is InChI=1S/C18H27NOS/c1-20-14-11-10-13-6-5-8-16(15(13)12-14)19-17-7-3-4-9-18(17)21-2/h10-12,16-19H,3-9H2,1-2H3. The third kappa shape index (κ3) is 3.40. The Bertz CT molecular complexity index is 476. The monoisotopic (exact) mass is 305 g/mol. The van der Waals surface area contributed by atoms with Crippen LogP contribution >= 0.6 is 11.8 Å². The van der Waals surface area contributed by atoms with E-state index in [0.29, 0.717) is 12.1 Å². The minimum atomic E-state index is 0.515. The summed E-state index contributed by atoms with van der Waals surface area (Å²) in [6.07, 6.45) is 11.5. The molecule has 0 amide bonds. The first-order chi connectivity index (χ1) is 10.3. The molecule has 1 fully saturated rings. The molecular weight excluding hydrogens is 278 g/mol. The van der Waals surface area contributed by atoms with E-state index in [4.69, 9.17) is 4.74 Å². The molecule has 3 rings (SSSR count). The molecule has 1 aromatic rings. The van der Waals surface area contributed by atoms with E-state index in [1.807, 2.05) is 11.8 Å². The first-order valence-corrected chi connectivity index (χ1v) is 9.56. The normalized spacial score (nSPS) is 29.0. The van der Waals surface area contributed by atoms with E-state index in [9.17, 15) is 0 Å². The van der Waals surface area contributed by atoms with E-state index in [0.717, 1.165) is 11.0 Å². The number of aryl methyl sites for hydroxylation is 1. The lowest BCUT2D eigenvalue weighted by Crippen LogP contribution is -2.43. The lowest BCUT2D eigenvalue weighted by Gasteiger charge is -2.36. The van der Waals surface area contributed by atoms with E-state index < -0.39 is 0 Å². The van der Waals surface area contributed by atoms with Crippen molar-refractivity contribution < 1.29 is 4.74 Å². The van der Waals surface area contributed by atoms with E-state index in [1.165, 1.54) is 56.1 Å². The van der Waals surface area contributed by atoms with Gasteiger partial charge >= 0.3 is 0 Å². The van der Waals surface area contributed by atoms with Crippen LogP contribution in [0.25, 0.3) is 0 Å². The van der Waals surface area contributed by atoms with Crippen LogP contribution in [0.5, 0.6) is 5.75 Å². The quantitative estimate of drug-likeness (QED) is 0.894. The zero-order valence-electron chi connectivity index (χ0n) is 13.2. The van der Waals surface area contributed by atoms with Crippen molar-refractivity contribution in [2.45, 2.75) is 62.3 Å². The molecule has 0 radical (unpaired) electrons. The summed E-state index contributed by atoms with van der Waals surface area (Å²) in [6, 6.07) is 7.81. The molecule has 0 bridgehead atoms. The van der Waals surface area contributed by atoms with Gasteiger partial charge in [-0.15, -0.1) is 0 Å². The average Bonchev–Trinajstić information content (AvgIpc) is 2.55. The van der Waals surface area contributed by atoms with Gasteiger partial charge in [-0.1, -0.05) is 18.9 Å². The number of nitrogens with one attached hydrogen (secondary N) is 1. The Balaban J connectivity index is 1.77. The predicted octanol–water partition coefficient (Wildman–Crippen LogP) is 4.34. The summed E-state index contributed by atoms with van der Waals surface area (Å²) in [7, 11) is 1.76. The first kappa shape index (κ1) is 15.2. The van der Waals surface area contributed by atoms with E-state index in [2.05, 4.69) is 29.8 Å². The predicted molar refractivity (Wildman–Crippen MR) is 91.4 cm³/mol. The van der Waals surface area contributed by atoms with Crippen molar-refractivity contribution in [2.75, 3.05) is 13.4 Å². The van der Waals surface area contributed by atoms with Gasteiger partial charge < -0.3 is 10.1 Å². The number of ether oxygens (including phenoxy) is 1. The maximum absolute atomic E-state index is 5.43. The summed E-state index contributed by atoms with van der Waals surface area (Å²) in [5, 5.41) is 4.78. The summed E-state index contributed by atoms with van der Waals surface area (Å²) in [4.78, 5) is 0. The number of rotatable bonds is 4. The fourth-order valence-corrected chi connectivity index (χ4v) is 4.85. The van der Waals surface area contributed by atoms with Crippen molar-refractivity contribution in [3.63, 3.8) is 0 Å². The number of hydrogen-bond donors (Lipinski definition) is 1. The Morgan fingerprint density at radius 2 is 2.00 bits per heavy atom. The van der Waals surface area contributed by atoms with Crippen LogP contribution in [-0.2, 0) is 6.42 Å². The van der Waals surface area contributed by atoms with E-state index in [-0.39, 0.29) is 0 Å². The van der Waals surface area contributed by atoms with Crippen LogP contribution in [0.15, 0.2) is 18.2 Å². The van der Waals surface area contributed by atoms with Gasteiger partial charge in [0, 0.05) is 17.3 Å². The van der Waals surface area contributed by atoms with Crippen molar-refractivity contribution in [1.29, 1.82) is 0 Å². The molecule has 3 atom stereocenters. The minimum absolute atomic E-state index is 0.515. The van der Waals surface area contributed by atoms with Crippen molar-refractivity contribution in [3.05, 3.63) is 29.3 Å². The summed E-state index contributed by atoms with van der Waals surface area (Å²) in [5.74, 6) is 0.993. The van der Waals surface area contributed by atoms with E-state index >= 15 is 0 Å². The highest BCUT2D eigenvalue weighted by Crippen LogP contribution is 2.35. The molecule has 3 unspecified atom stereocenters. The summed E-state index contributed by atoms with van der Waals surface area (Å²) >= 11 is 2.04. The van der Waals surface area contributed by atoms with Crippen molar-refractivity contribution >= 4 is 11.8 Å². The second kappa shape index (κ2) is 7.06. The number of fused-ring (bicyclic) bond motifs is 1. The molecule has 2 aliphatic carbocycles. The minimum Gasteiger partial charge on any atom is -0.497 e. The summed E-state index contributed by atoms with van der Waals surface area (Å²) < 4.78 is 5.43. The highest BCUT2D eigenvalue weighted by atomic mass is 32.2. The lowest BCUT2D eigenvalue weighted by atomic mass is 9.85. The van der Waals surface area contributed by atoms with Gasteiger partial charge in [0.2, 0.25) is 0 Å². The highest BCUT2D eigenvalue weighted by molar-refractivity contribution is 7.99. The molecule has 21 heavy (non-hydrogen) atoms. The summed E-state index contributed by atoms with van der Waals surface area (Å²) in [6.45, 7) is 0. The third-order valence-electron chi connectivity index (χ3n) is 5.09. The zero-order chi connectivity index (χ0) is 14.7.